The maximum atomic E-state index is 12.5. The Kier molecular flexibility index (Phi) is 53.6. The second kappa shape index (κ2) is 55.4. The number of unbranched alkanes of at least 4 members (excludes halogenated alkanes) is 36. The molecule has 0 spiro atoms. The summed E-state index contributed by atoms with van der Waals surface area (Å²) < 4.78 is 5.45. The normalized spacial score (nSPS) is 13.0. The van der Waals surface area contributed by atoms with E-state index in [0.29, 0.717) is 19.4 Å². The summed E-state index contributed by atoms with van der Waals surface area (Å²) in [5, 5.41) is 23.2. The minimum Gasteiger partial charge on any atom is -0.466 e. The van der Waals surface area contributed by atoms with Crippen molar-refractivity contribution in [2.45, 2.75) is 309 Å². The van der Waals surface area contributed by atoms with Gasteiger partial charge in [0.25, 0.3) is 0 Å². The summed E-state index contributed by atoms with van der Waals surface area (Å²) in [6.07, 6.45) is 69.8. The zero-order chi connectivity index (χ0) is 47.9. The Morgan fingerprint density at radius 1 is 0.424 bits per heavy atom. The van der Waals surface area contributed by atoms with E-state index in [1.165, 1.54) is 193 Å². The van der Waals surface area contributed by atoms with Gasteiger partial charge in [0, 0.05) is 12.8 Å². The molecule has 2 unspecified atom stereocenters. The molecule has 6 heteroatoms. The average molecular weight is 927 g/mol. The predicted octanol–water partition coefficient (Wildman–Crippen LogP) is 17.8. The van der Waals surface area contributed by atoms with Crippen LogP contribution < -0.4 is 5.32 Å². The van der Waals surface area contributed by atoms with E-state index in [0.717, 1.165) is 77.0 Å². The molecule has 0 aliphatic rings. The predicted molar refractivity (Wildman–Crippen MR) is 287 cm³/mol. The van der Waals surface area contributed by atoms with Crippen molar-refractivity contribution in [3.63, 3.8) is 0 Å². The van der Waals surface area contributed by atoms with Gasteiger partial charge in [-0.25, -0.2) is 0 Å². The van der Waals surface area contributed by atoms with Crippen molar-refractivity contribution in [1.29, 1.82) is 0 Å². The van der Waals surface area contributed by atoms with Gasteiger partial charge in [0.1, 0.15) is 0 Å². The Morgan fingerprint density at radius 2 is 0.788 bits per heavy atom. The largest absolute Gasteiger partial charge is 0.466 e. The molecule has 0 bridgehead atoms. The molecule has 2 atom stereocenters. The molecular weight excluding hydrogens is 815 g/mol. The minimum atomic E-state index is -0.857. The van der Waals surface area contributed by atoms with Crippen LogP contribution in [0, 0.1) is 0 Å². The number of rotatable bonds is 53. The van der Waals surface area contributed by atoms with E-state index in [2.05, 4.69) is 55.6 Å². The van der Waals surface area contributed by atoms with Crippen LogP contribution in [-0.2, 0) is 14.3 Å². The number of amides is 1. The van der Waals surface area contributed by atoms with Crippen molar-refractivity contribution in [3.05, 3.63) is 48.6 Å². The van der Waals surface area contributed by atoms with E-state index in [4.69, 9.17) is 4.74 Å². The summed E-state index contributed by atoms with van der Waals surface area (Å²) in [7, 11) is 0. The molecule has 0 radical (unpaired) electrons. The molecule has 0 aromatic heterocycles. The van der Waals surface area contributed by atoms with Crippen molar-refractivity contribution in [3.8, 4) is 0 Å². The quantitative estimate of drug-likeness (QED) is 0.0321. The molecule has 0 saturated heterocycles. The third-order valence-electron chi connectivity index (χ3n) is 13.0. The molecule has 3 N–H and O–H groups in total. The van der Waals surface area contributed by atoms with E-state index >= 15 is 0 Å². The molecular formula is C60H111NO5. The van der Waals surface area contributed by atoms with E-state index in [1.807, 2.05) is 6.08 Å². The molecule has 6 nitrogen and oxygen atoms in total. The number of carbonyl (C=O) groups is 2. The molecule has 0 aromatic rings. The fourth-order valence-electron chi connectivity index (χ4n) is 8.61. The molecule has 0 fully saturated rings. The minimum absolute atomic E-state index is 0.0196. The van der Waals surface area contributed by atoms with Crippen LogP contribution in [0.4, 0.5) is 0 Å². The molecule has 0 aliphatic carbocycles. The fourth-order valence-corrected chi connectivity index (χ4v) is 8.61. The lowest BCUT2D eigenvalue weighted by Crippen LogP contribution is -2.45. The lowest BCUT2D eigenvalue weighted by Gasteiger charge is -2.20. The lowest BCUT2D eigenvalue weighted by molar-refractivity contribution is -0.143. The topological polar surface area (TPSA) is 95.9 Å². The molecule has 1 amide bonds. The van der Waals surface area contributed by atoms with E-state index < -0.39 is 12.1 Å². The summed E-state index contributed by atoms with van der Waals surface area (Å²) in [5.74, 6) is -0.104. The van der Waals surface area contributed by atoms with Crippen LogP contribution in [0.25, 0.3) is 0 Å². The maximum absolute atomic E-state index is 12.5. The van der Waals surface area contributed by atoms with Crippen LogP contribution in [0.5, 0.6) is 0 Å². The number of aliphatic hydroxyl groups excluding tert-OH is 2. The van der Waals surface area contributed by atoms with Crippen molar-refractivity contribution in [2.24, 2.45) is 0 Å². The number of ether oxygens (including phenoxy) is 1. The molecule has 0 heterocycles. The van der Waals surface area contributed by atoms with Crippen LogP contribution in [0.1, 0.15) is 296 Å². The number of nitrogens with one attached hydrogen (secondary N) is 1. The number of carbonyl (C=O) groups excluding carboxylic acids is 2. The SMILES string of the molecule is CCC/C=C\C/C=C\CCCCCCCC(=O)OCCCCCCCCC/C=C\CCCCCCCC(=O)NC(CO)C(O)/C=C/CCCCCCCCCCCCCCCCCCCC. The van der Waals surface area contributed by atoms with Crippen molar-refractivity contribution in [1.82, 2.24) is 5.32 Å². The van der Waals surface area contributed by atoms with Crippen molar-refractivity contribution < 1.29 is 24.5 Å². The van der Waals surface area contributed by atoms with Crippen LogP contribution in [-0.4, -0.2) is 47.4 Å². The van der Waals surface area contributed by atoms with Gasteiger partial charge in [-0.05, 0) is 83.5 Å². The third kappa shape index (κ3) is 51.2. The summed E-state index contributed by atoms with van der Waals surface area (Å²) >= 11 is 0. The van der Waals surface area contributed by atoms with Gasteiger partial charge in [0.2, 0.25) is 5.91 Å². The van der Waals surface area contributed by atoms with Gasteiger partial charge in [0.15, 0.2) is 0 Å². The smallest absolute Gasteiger partial charge is 0.305 e. The number of esters is 1. The van der Waals surface area contributed by atoms with Gasteiger partial charge in [-0.3, -0.25) is 9.59 Å². The van der Waals surface area contributed by atoms with E-state index in [-0.39, 0.29) is 18.5 Å². The number of allylic oxidation sites excluding steroid dienone is 7. The first-order valence-electron chi connectivity index (χ1n) is 28.9. The second-order valence-electron chi connectivity index (χ2n) is 19.6. The van der Waals surface area contributed by atoms with Crippen LogP contribution in [0.2, 0.25) is 0 Å². The average Bonchev–Trinajstić information content (AvgIpc) is 3.32. The summed E-state index contributed by atoms with van der Waals surface area (Å²) in [6, 6.07) is -0.642. The fraction of sp³-hybridized carbons (Fsp3) is 0.833. The Hall–Kier alpha value is -2.18. The van der Waals surface area contributed by atoms with Crippen LogP contribution >= 0.6 is 0 Å². The van der Waals surface area contributed by atoms with Crippen LogP contribution in [0.15, 0.2) is 48.6 Å². The number of hydrogen-bond acceptors (Lipinski definition) is 5. The zero-order valence-electron chi connectivity index (χ0n) is 43.9. The highest BCUT2D eigenvalue weighted by Gasteiger charge is 2.18. The number of hydrogen-bond donors (Lipinski definition) is 3. The summed E-state index contributed by atoms with van der Waals surface area (Å²) in [5.41, 5.74) is 0. The highest BCUT2D eigenvalue weighted by Crippen LogP contribution is 2.16. The van der Waals surface area contributed by atoms with Gasteiger partial charge in [0.05, 0.1) is 25.4 Å². The monoisotopic (exact) mass is 926 g/mol. The second-order valence-corrected chi connectivity index (χ2v) is 19.6. The molecule has 0 aromatic carbocycles. The first-order valence-corrected chi connectivity index (χ1v) is 28.9. The van der Waals surface area contributed by atoms with E-state index in [9.17, 15) is 19.8 Å². The molecule has 386 valence electrons. The third-order valence-corrected chi connectivity index (χ3v) is 13.0. The number of aliphatic hydroxyl groups is 2. The molecule has 0 aliphatic heterocycles. The Morgan fingerprint density at radius 3 is 1.23 bits per heavy atom. The first kappa shape index (κ1) is 63.8. The summed E-state index contributed by atoms with van der Waals surface area (Å²) in [6.45, 7) is 4.81. The Bertz CT molecular complexity index is 1110. The molecule has 66 heavy (non-hydrogen) atoms. The van der Waals surface area contributed by atoms with Crippen molar-refractivity contribution in [2.75, 3.05) is 13.2 Å². The Labute approximate surface area is 410 Å². The van der Waals surface area contributed by atoms with Gasteiger partial charge >= 0.3 is 5.97 Å². The van der Waals surface area contributed by atoms with Gasteiger partial charge in [-0.2, -0.15) is 0 Å². The van der Waals surface area contributed by atoms with Crippen LogP contribution in [0.3, 0.4) is 0 Å². The highest BCUT2D eigenvalue weighted by atomic mass is 16.5. The summed E-state index contributed by atoms with van der Waals surface area (Å²) in [4.78, 5) is 24.5. The molecule has 0 rings (SSSR count). The zero-order valence-corrected chi connectivity index (χ0v) is 43.9. The molecule has 0 saturated carbocycles. The lowest BCUT2D eigenvalue weighted by atomic mass is 10.0. The highest BCUT2D eigenvalue weighted by molar-refractivity contribution is 5.76. The van der Waals surface area contributed by atoms with Gasteiger partial charge in [-0.1, -0.05) is 249 Å². The standard InChI is InChI=1S/C60H111NO5/c1-3-5-7-9-11-13-15-17-18-19-20-21-22-25-29-32-36-40-44-48-52-58(63)57(56-62)61-59(64)53-49-45-41-37-33-30-26-23-24-27-31-35-39-43-47-51-55-66-60(65)54-50-46-42-38-34-28-16-14-12-10-8-6-4-2/h8,10,14,16,23,26,48,52,57-58,62-63H,3-7,9,11-13,15,17-22,24-25,27-47,49-51,53-56H2,1-2H3,(H,61,64)/b10-8-,16-14-,26-23-,52-48+. The van der Waals surface area contributed by atoms with E-state index in [1.54, 1.807) is 6.08 Å². The first-order chi connectivity index (χ1) is 32.5. The van der Waals surface area contributed by atoms with Crippen molar-refractivity contribution >= 4 is 11.9 Å². The maximum Gasteiger partial charge on any atom is 0.305 e. The van der Waals surface area contributed by atoms with Gasteiger partial charge < -0.3 is 20.3 Å². The Balaban J connectivity index is 3.52. The van der Waals surface area contributed by atoms with Gasteiger partial charge in [-0.15, -0.1) is 0 Å².